The highest BCUT2D eigenvalue weighted by Crippen LogP contribution is 2.20. The summed E-state index contributed by atoms with van der Waals surface area (Å²) in [5.74, 6) is -0.105. The molecular weight excluding hydrogens is 344 g/mol. The van der Waals surface area contributed by atoms with Gasteiger partial charge < -0.3 is 18.9 Å². The van der Waals surface area contributed by atoms with Gasteiger partial charge in [-0.1, -0.05) is 51.9 Å². The average Bonchev–Trinajstić information content (AvgIpc) is 2.69. The second-order valence-corrected chi connectivity index (χ2v) is 7.36. The Balaban J connectivity index is 3.96. The first kappa shape index (κ1) is 26.4. The third-order valence-electron chi connectivity index (χ3n) is 5.35. The number of carbonyl (C=O) groups is 1. The fraction of sp³-hybridized carbons (Fsp3) is 0.955. The van der Waals surface area contributed by atoms with Crippen LogP contribution in [0, 0.1) is 0 Å². The lowest BCUT2D eigenvalue weighted by Crippen LogP contribution is -2.31. The van der Waals surface area contributed by atoms with E-state index in [1.165, 1.54) is 39.2 Å². The third kappa shape index (κ3) is 14.1. The van der Waals surface area contributed by atoms with Gasteiger partial charge in [-0.2, -0.15) is 0 Å². The van der Waals surface area contributed by atoms with Gasteiger partial charge in [0.15, 0.2) is 0 Å². The number of ether oxygens (including phenoxy) is 4. The Bertz CT molecular complexity index is 335. The van der Waals surface area contributed by atoms with Crippen LogP contribution in [0.2, 0.25) is 0 Å². The summed E-state index contributed by atoms with van der Waals surface area (Å²) in [4.78, 5) is 11.1. The Hall–Kier alpha value is -0.650. The second-order valence-electron chi connectivity index (χ2n) is 7.36. The monoisotopic (exact) mass is 388 g/mol. The Morgan fingerprint density at radius 2 is 1.26 bits per heavy atom. The number of rotatable bonds is 19. The maximum absolute atomic E-state index is 11.1. The van der Waals surface area contributed by atoms with E-state index in [1.54, 1.807) is 21.3 Å². The Labute approximate surface area is 167 Å². The molecule has 0 aliphatic rings. The molecular formula is C22H44O5. The van der Waals surface area contributed by atoms with Gasteiger partial charge in [0.2, 0.25) is 0 Å². The van der Waals surface area contributed by atoms with Crippen molar-refractivity contribution in [1.82, 2.24) is 0 Å². The molecule has 0 rings (SSSR count). The van der Waals surface area contributed by atoms with Crippen molar-refractivity contribution in [2.24, 2.45) is 0 Å². The number of unbranched alkanes of at least 4 members (excludes halogenated alkanes) is 6. The van der Waals surface area contributed by atoms with Crippen LogP contribution in [-0.4, -0.2) is 52.7 Å². The lowest BCUT2D eigenvalue weighted by Gasteiger charge is -2.26. The molecule has 0 saturated heterocycles. The van der Waals surface area contributed by atoms with Crippen LogP contribution in [0.3, 0.4) is 0 Å². The van der Waals surface area contributed by atoms with Crippen LogP contribution in [0.25, 0.3) is 0 Å². The molecule has 0 fully saturated rings. The predicted octanol–water partition coefficient (Wildman–Crippen LogP) is 5.30. The lowest BCUT2D eigenvalue weighted by atomic mass is 9.98. The van der Waals surface area contributed by atoms with Gasteiger partial charge in [0.25, 0.3) is 0 Å². The van der Waals surface area contributed by atoms with Gasteiger partial charge in [-0.05, 0) is 32.1 Å². The summed E-state index contributed by atoms with van der Waals surface area (Å²) in [5.41, 5.74) is 0. The third-order valence-corrected chi connectivity index (χ3v) is 5.35. The molecule has 3 unspecified atom stereocenters. The fourth-order valence-electron chi connectivity index (χ4n) is 3.51. The van der Waals surface area contributed by atoms with E-state index in [0.29, 0.717) is 6.42 Å². The second kappa shape index (κ2) is 18.7. The van der Waals surface area contributed by atoms with Crippen LogP contribution in [0.1, 0.15) is 90.4 Å². The molecule has 27 heavy (non-hydrogen) atoms. The summed E-state index contributed by atoms with van der Waals surface area (Å²) in [5, 5.41) is 0. The molecule has 162 valence electrons. The van der Waals surface area contributed by atoms with Crippen molar-refractivity contribution in [3.63, 3.8) is 0 Å². The summed E-state index contributed by atoms with van der Waals surface area (Å²) >= 11 is 0. The molecule has 0 saturated carbocycles. The number of carbonyl (C=O) groups excluding carboxylic acids is 1. The van der Waals surface area contributed by atoms with Crippen molar-refractivity contribution in [2.75, 3.05) is 28.4 Å². The van der Waals surface area contributed by atoms with Gasteiger partial charge in [-0.3, -0.25) is 4.79 Å². The first-order valence-corrected chi connectivity index (χ1v) is 10.8. The lowest BCUT2D eigenvalue weighted by molar-refractivity contribution is -0.140. The van der Waals surface area contributed by atoms with E-state index in [1.807, 2.05) is 0 Å². The zero-order chi connectivity index (χ0) is 20.3. The van der Waals surface area contributed by atoms with E-state index in [9.17, 15) is 4.79 Å². The summed E-state index contributed by atoms with van der Waals surface area (Å²) < 4.78 is 21.7. The normalized spacial score (nSPS) is 14.7. The Morgan fingerprint density at radius 3 is 1.85 bits per heavy atom. The number of hydrogen-bond donors (Lipinski definition) is 0. The van der Waals surface area contributed by atoms with Crippen molar-refractivity contribution < 1.29 is 23.7 Å². The zero-order valence-electron chi connectivity index (χ0n) is 18.5. The van der Waals surface area contributed by atoms with Gasteiger partial charge >= 0.3 is 5.97 Å². The molecule has 0 radical (unpaired) electrons. The van der Waals surface area contributed by atoms with E-state index in [4.69, 9.17) is 14.2 Å². The molecule has 5 heteroatoms. The molecule has 0 N–H and O–H groups in total. The van der Waals surface area contributed by atoms with E-state index in [-0.39, 0.29) is 24.3 Å². The maximum Gasteiger partial charge on any atom is 0.305 e. The van der Waals surface area contributed by atoms with E-state index >= 15 is 0 Å². The zero-order valence-corrected chi connectivity index (χ0v) is 18.5. The molecule has 0 aromatic carbocycles. The van der Waals surface area contributed by atoms with Crippen molar-refractivity contribution in [3.05, 3.63) is 0 Å². The standard InChI is InChI=1S/C22H44O5/c1-6-7-11-15-20(25-3)21(26-4)18-17-19(24-2)14-12-9-8-10-13-16-22(23)27-5/h19-21H,6-18H2,1-5H3. The van der Waals surface area contributed by atoms with Gasteiger partial charge in [0.05, 0.1) is 25.4 Å². The van der Waals surface area contributed by atoms with Crippen LogP contribution in [0.5, 0.6) is 0 Å². The SMILES string of the molecule is CCCCCC(OC)C(CCC(CCCCCCCC(=O)OC)OC)OC. The van der Waals surface area contributed by atoms with Crippen molar-refractivity contribution in [3.8, 4) is 0 Å². The fourth-order valence-corrected chi connectivity index (χ4v) is 3.51. The van der Waals surface area contributed by atoms with Crippen molar-refractivity contribution in [1.29, 1.82) is 0 Å². The van der Waals surface area contributed by atoms with Crippen molar-refractivity contribution in [2.45, 2.75) is 109 Å². The smallest absolute Gasteiger partial charge is 0.305 e. The summed E-state index contributed by atoms with van der Waals surface area (Å²) in [6, 6.07) is 0. The first-order valence-electron chi connectivity index (χ1n) is 10.8. The molecule has 0 amide bonds. The quantitative estimate of drug-likeness (QED) is 0.222. The maximum atomic E-state index is 11.1. The number of methoxy groups -OCH3 is 4. The van der Waals surface area contributed by atoms with E-state index in [2.05, 4.69) is 11.7 Å². The minimum Gasteiger partial charge on any atom is -0.469 e. The van der Waals surface area contributed by atoms with Gasteiger partial charge in [0, 0.05) is 27.8 Å². The topological polar surface area (TPSA) is 54.0 Å². The van der Waals surface area contributed by atoms with Crippen LogP contribution in [0.4, 0.5) is 0 Å². The highest BCUT2D eigenvalue weighted by atomic mass is 16.5. The number of esters is 1. The average molecular weight is 389 g/mol. The molecule has 0 heterocycles. The minimum atomic E-state index is -0.105. The van der Waals surface area contributed by atoms with Crippen LogP contribution >= 0.6 is 0 Å². The van der Waals surface area contributed by atoms with Crippen LogP contribution in [-0.2, 0) is 23.7 Å². The molecule has 0 spiro atoms. The molecule has 0 aliphatic heterocycles. The van der Waals surface area contributed by atoms with Crippen LogP contribution in [0.15, 0.2) is 0 Å². The summed E-state index contributed by atoms with van der Waals surface area (Å²) in [6.45, 7) is 2.22. The molecule has 3 atom stereocenters. The Morgan fingerprint density at radius 1 is 0.667 bits per heavy atom. The molecule has 5 nitrogen and oxygen atoms in total. The largest absolute Gasteiger partial charge is 0.469 e. The molecule has 0 aliphatic carbocycles. The van der Waals surface area contributed by atoms with E-state index < -0.39 is 0 Å². The summed E-state index contributed by atoms with van der Waals surface area (Å²) in [7, 11) is 6.82. The van der Waals surface area contributed by atoms with Crippen molar-refractivity contribution >= 4 is 5.97 Å². The summed E-state index contributed by atoms with van der Waals surface area (Å²) in [6.07, 6.45) is 14.4. The van der Waals surface area contributed by atoms with Crippen LogP contribution < -0.4 is 0 Å². The van der Waals surface area contributed by atoms with E-state index in [0.717, 1.165) is 44.9 Å². The number of hydrogen-bond acceptors (Lipinski definition) is 5. The van der Waals surface area contributed by atoms with Gasteiger partial charge in [-0.25, -0.2) is 0 Å². The first-order chi connectivity index (χ1) is 13.1. The highest BCUT2D eigenvalue weighted by molar-refractivity contribution is 5.68. The van der Waals surface area contributed by atoms with Gasteiger partial charge in [0.1, 0.15) is 0 Å². The highest BCUT2D eigenvalue weighted by Gasteiger charge is 2.22. The molecule has 0 aromatic heterocycles. The minimum absolute atomic E-state index is 0.105. The predicted molar refractivity (Wildman–Crippen MR) is 110 cm³/mol. The Kier molecular flexibility index (Phi) is 18.3. The molecule has 0 aromatic rings. The van der Waals surface area contributed by atoms with Gasteiger partial charge in [-0.15, -0.1) is 0 Å². The molecule has 0 bridgehead atoms.